The standard InChI is InChI=1S/C17H22O3/c1-3-20-16(18)11-13-8-6-10-15(17(13)19)14-9-5-4-7-12(14)2/h4-5,7,9,13,15H,3,6,8,10-11H2,1-2H3. The van der Waals surface area contributed by atoms with Gasteiger partial charge in [-0.25, -0.2) is 0 Å². The van der Waals surface area contributed by atoms with Crippen LogP contribution < -0.4 is 0 Å². The molecule has 0 radical (unpaired) electrons. The van der Waals surface area contributed by atoms with Gasteiger partial charge < -0.3 is 4.74 Å². The highest BCUT2D eigenvalue weighted by molar-refractivity contribution is 5.91. The Morgan fingerprint density at radius 3 is 2.75 bits per heavy atom. The monoisotopic (exact) mass is 274 g/mol. The van der Waals surface area contributed by atoms with Crippen LogP contribution in [0.4, 0.5) is 0 Å². The Kier molecular flexibility index (Phi) is 4.94. The lowest BCUT2D eigenvalue weighted by molar-refractivity contribution is -0.146. The summed E-state index contributed by atoms with van der Waals surface area (Å²) in [6.07, 6.45) is 2.92. The van der Waals surface area contributed by atoms with Crippen molar-refractivity contribution >= 4 is 11.8 Å². The van der Waals surface area contributed by atoms with Crippen molar-refractivity contribution in [1.29, 1.82) is 0 Å². The van der Waals surface area contributed by atoms with Gasteiger partial charge in [-0.15, -0.1) is 0 Å². The van der Waals surface area contributed by atoms with Gasteiger partial charge in [0.15, 0.2) is 0 Å². The van der Waals surface area contributed by atoms with Gasteiger partial charge in [-0.05, 0) is 37.8 Å². The van der Waals surface area contributed by atoms with Crippen LogP contribution in [0.15, 0.2) is 24.3 Å². The third-order valence-corrected chi connectivity index (χ3v) is 4.07. The molecule has 2 rings (SSSR count). The number of aryl methyl sites for hydroxylation is 1. The maximum absolute atomic E-state index is 12.6. The summed E-state index contributed by atoms with van der Waals surface area (Å²) >= 11 is 0. The number of carbonyl (C=O) groups excluding carboxylic acids is 2. The first-order chi connectivity index (χ1) is 9.63. The van der Waals surface area contributed by atoms with E-state index in [0.717, 1.165) is 30.4 Å². The van der Waals surface area contributed by atoms with Gasteiger partial charge in [0.05, 0.1) is 13.0 Å². The lowest BCUT2D eigenvalue weighted by Gasteiger charge is -2.28. The number of carbonyl (C=O) groups is 2. The van der Waals surface area contributed by atoms with Crippen LogP contribution in [0.5, 0.6) is 0 Å². The quantitative estimate of drug-likeness (QED) is 0.790. The summed E-state index contributed by atoms with van der Waals surface area (Å²) in [6, 6.07) is 8.04. The van der Waals surface area contributed by atoms with Gasteiger partial charge in [0.2, 0.25) is 0 Å². The molecule has 0 N–H and O–H groups in total. The molecule has 0 spiro atoms. The van der Waals surface area contributed by atoms with E-state index >= 15 is 0 Å². The maximum atomic E-state index is 12.6. The molecule has 3 nitrogen and oxygen atoms in total. The number of esters is 1. The van der Waals surface area contributed by atoms with Crippen molar-refractivity contribution in [3.05, 3.63) is 35.4 Å². The molecule has 3 heteroatoms. The Balaban J connectivity index is 2.11. The van der Waals surface area contributed by atoms with Crippen LogP contribution in [-0.2, 0) is 14.3 Å². The number of ether oxygens (including phenoxy) is 1. The number of hydrogen-bond acceptors (Lipinski definition) is 3. The van der Waals surface area contributed by atoms with Crippen LogP contribution in [0.25, 0.3) is 0 Å². The molecule has 1 aliphatic carbocycles. The van der Waals surface area contributed by atoms with E-state index in [1.54, 1.807) is 6.92 Å². The second-order valence-corrected chi connectivity index (χ2v) is 5.45. The van der Waals surface area contributed by atoms with E-state index in [9.17, 15) is 9.59 Å². The highest BCUT2D eigenvalue weighted by Gasteiger charge is 2.34. The second kappa shape index (κ2) is 6.69. The first-order valence-electron chi connectivity index (χ1n) is 7.38. The smallest absolute Gasteiger partial charge is 0.306 e. The molecule has 0 saturated heterocycles. The predicted octanol–water partition coefficient (Wildman–Crippen LogP) is 3.40. The highest BCUT2D eigenvalue weighted by atomic mass is 16.5. The van der Waals surface area contributed by atoms with Crippen LogP contribution >= 0.6 is 0 Å². The van der Waals surface area contributed by atoms with E-state index in [0.29, 0.717) is 6.61 Å². The minimum absolute atomic E-state index is 0.0515. The molecule has 1 fully saturated rings. The van der Waals surface area contributed by atoms with Crippen molar-refractivity contribution in [2.24, 2.45) is 5.92 Å². The largest absolute Gasteiger partial charge is 0.466 e. The average molecular weight is 274 g/mol. The zero-order chi connectivity index (χ0) is 14.5. The zero-order valence-electron chi connectivity index (χ0n) is 12.2. The molecule has 1 aromatic carbocycles. The van der Waals surface area contributed by atoms with Gasteiger partial charge in [-0.2, -0.15) is 0 Å². The minimum Gasteiger partial charge on any atom is -0.466 e. The third kappa shape index (κ3) is 3.27. The number of ketones is 1. The second-order valence-electron chi connectivity index (χ2n) is 5.45. The van der Waals surface area contributed by atoms with E-state index < -0.39 is 0 Å². The van der Waals surface area contributed by atoms with E-state index in [4.69, 9.17) is 4.74 Å². The van der Waals surface area contributed by atoms with Crippen LogP contribution in [0, 0.1) is 12.8 Å². The number of benzene rings is 1. The molecule has 108 valence electrons. The molecular formula is C17H22O3. The van der Waals surface area contributed by atoms with E-state index in [1.165, 1.54) is 0 Å². The first kappa shape index (κ1) is 14.8. The lowest BCUT2D eigenvalue weighted by atomic mass is 9.74. The fourth-order valence-corrected chi connectivity index (χ4v) is 3.05. The number of rotatable bonds is 4. The summed E-state index contributed by atoms with van der Waals surface area (Å²) in [5, 5.41) is 0. The van der Waals surface area contributed by atoms with Crippen molar-refractivity contribution in [2.45, 2.75) is 45.4 Å². The fourth-order valence-electron chi connectivity index (χ4n) is 3.05. The van der Waals surface area contributed by atoms with Crippen LogP contribution in [0.1, 0.15) is 49.7 Å². The number of Topliss-reactive ketones (excluding diaryl/α,β-unsaturated/α-hetero) is 1. The molecule has 0 aliphatic heterocycles. The summed E-state index contributed by atoms with van der Waals surface area (Å²) < 4.78 is 4.97. The van der Waals surface area contributed by atoms with Crippen molar-refractivity contribution in [1.82, 2.24) is 0 Å². The molecule has 0 amide bonds. The predicted molar refractivity (Wildman–Crippen MR) is 77.5 cm³/mol. The summed E-state index contributed by atoms with van der Waals surface area (Å²) in [5.41, 5.74) is 2.27. The van der Waals surface area contributed by atoms with Crippen molar-refractivity contribution in [3.63, 3.8) is 0 Å². The Labute approximate surface area is 120 Å². The van der Waals surface area contributed by atoms with Crippen LogP contribution in [0.3, 0.4) is 0 Å². The van der Waals surface area contributed by atoms with Gasteiger partial charge in [-0.3, -0.25) is 9.59 Å². The molecule has 0 aromatic heterocycles. The van der Waals surface area contributed by atoms with Crippen LogP contribution in [-0.4, -0.2) is 18.4 Å². The Bertz CT molecular complexity index is 493. The maximum Gasteiger partial charge on any atom is 0.306 e. The van der Waals surface area contributed by atoms with Gasteiger partial charge in [0, 0.05) is 11.8 Å². The van der Waals surface area contributed by atoms with Crippen molar-refractivity contribution in [2.75, 3.05) is 6.61 Å². The minimum atomic E-state index is -0.253. The molecule has 2 unspecified atom stereocenters. The zero-order valence-corrected chi connectivity index (χ0v) is 12.2. The van der Waals surface area contributed by atoms with E-state index in [1.807, 2.05) is 31.2 Å². The molecule has 1 saturated carbocycles. The summed E-state index contributed by atoms with van der Waals surface area (Å²) in [4.78, 5) is 24.2. The molecular weight excluding hydrogens is 252 g/mol. The molecule has 1 aromatic rings. The Morgan fingerprint density at radius 1 is 1.30 bits per heavy atom. The first-order valence-corrected chi connectivity index (χ1v) is 7.38. The fraction of sp³-hybridized carbons (Fsp3) is 0.529. The van der Waals surface area contributed by atoms with Crippen LogP contribution in [0.2, 0.25) is 0 Å². The summed E-state index contributed by atoms with van der Waals surface area (Å²) in [5.74, 6) is -0.272. The molecule has 2 atom stereocenters. The van der Waals surface area contributed by atoms with Gasteiger partial charge in [-0.1, -0.05) is 30.7 Å². The normalized spacial score (nSPS) is 22.6. The lowest BCUT2D eigenvalue weighted by Crippen LogP contribution is -2.29. The van der Waals surface area contributed by atoms with Gasteiger partial charge >= 0.3 is 5.97 Å². The highest BCUT2D eigenvalue weighted by Crippen LogP contribution is 2.36. The average Bonchev–Trinajstić information content (AvgIpc) is 2.42. The van der Waals surface area contributed by atoms with E-state index in [-0.39, 0.29) is 30.0 Å². The molecule has 0 heterocycles. The summed E-state index contributed by atoms with van der Waals surface area (Å²) in [6.45, 7) is 4.20. The van der Waals surface area contributed by atoms with Gasteiger partial charge in [0.25, 0.3) is 0 Å². The molecule has 1 aliphatic rings. The number of hydrogen-bond donors (Lipinski definition) is 0. The van der Waals surface area contributed by atoms with E-state index in [2.05, 4.69) is 0 Å². The SMILES string of the molecule is CCOC(=O)CC1CCCC(c2ccccc2C)C1=O. The van der Waals surface area contributed by atoms with Crippen molar-refractivity contribution in [3.8, 4) is 0 Å². The van der Waals surface area contributed by atoms with Crippen molar-refractivity contribution < 1.29 is 14.3 Å². The molecule has 20 heavy (non-hydrogen) atoms. The third-order valence-electron chi connectivity index (χ3n) is 4.07. The Morgan fingerprint density at radius 2 is 2.05 bits per heavy atom. The molecule has 0 bridgehead atoms. The Hall–Kier alpha value is -1.64. The summed E-state index contributed by atoms with van der Waals surface area (Å²) in [7, 11) is 0. The topological polar surface area (TPSA) is 43.4 Å². The van der Waals surface area contributed by atoms with Gasteiger partial charge in [0.1, 0.15) is 5.78 Å².